The van der Waals surface area contributed by atoms with Crippen LogP contribution in [0.2, 0.25) is 0 Å². The molecule has 13 heavy (non-hydrogen) atoms. The SMILES string of the molecule is Cc1ccc(F)c(F)c1C(C)(C)C. The van der Waals surface area contributed by atoms with Crippen LogP contribution in [-0.2, 0) is 5.41 Å². The second kappa shape index (κ2) is 3.09. The van der Waals surface area contributed by atoms with E-state index in [2.05, 4.69) is 0 Å². The average molecular weight is 184 g/mol. The minimum Gasteiger partial charge on any atom is -0.204 e. The molecule has 0 fully saturated rings. The molecule has 0 aromatic heterocycles. The lowest BCUT2D eigenvalue weighted by Crippen LogP contribution is -2.16. The van der Waals surface area contributed by atoms with Gasteiger partial charge in [-0.2, -0.15) is 0 Å². The summed E-state index contributed by atoms with van der Waals surface area (Å²) < 4.78 is 26.3. The molecule has 0 heterocycles. The van der Waals surface area contributed by atoms with Crippen molar-refractivity contribution in [3.63, 3.8) is 0 Å². The van der Waals surface area contributed by atoms with E-state index in [1.54, 1.807) is 13.0 Å². The van der Waals surface area contributed by atoms with Crippen molar-refractivity contribution >= 4 is 0 Å². The van der Waals surface area contributed by atoms with Gasteiger partial charge in [-0.15, -0.1) is 0 Å². The number of hydrogen-bond donors (Lipinski definition) is 0. The van der Waals surface area contributed by atoms with E-state index in [0.717, 1.165) is 5.56 Å². The van der Waals surface area contributed by atoms with Gasteiger partial charge in [0.25, 0.3) is 0 Å². The van der Waals surface area contributed by atoms with Crippen LogP contribution in [0.3, 0.4) is 0 Å². The van der Waals surface area contributed by atoms with Gasteiger partial charge in [-0.25, -0.2) is 8.78 Å². The maximum atomic E-state index is 13.4. The first-order valence-corrected chi connectivity index (χ1v) is 4.29. The normalized spacial score (nSPS) is 11.8. The second-order valence-corrected chi connectivity index (χ2v) is 4.30. The smallest absolute Gasteiger partial charge is 0.162 e. The van der Waals surface area contributed by atoms with Crippen LogP contribution in [0.1, 0.15) is 31.9 Å². The quantitative estimate of drug-likeness (QED) is 0.578. The van der Waals surface area contributed by atoms with Crippen LogP contribution < -0.4 is 0 Å². The van der Waals surface area contributed by atoms with Crippen molar-refractivity contribution in [2.75, 3.05) is 0 Å². The van der Waals surface area contributed by atoms with Gasteiger partial charge in [0.05, 0.1) is 0 Å². The third kappa shape index (κ3) is 1.87. The first-order valence-electron chi connectivity index (χ1n) is 4.29. The number of aryl methyl sites for hydroxylation is 1. The van der Waals surface area contributed by atoms with Gasteiger partial charge in [0.15, 0.2) is 11.6 Å². The summed E-state index contributed by atoms with van der Waals surface area (Å²) in [5.74, 6) is -1.48. The highest BCUT2D eigenvalue weighted by atomic mass is 19.2. The van der Waals surface area contributed by atoms with E-state index in [1.807, 2.05) is 20.8 Å². The fourth-order valence-electron chi connectivity index (χ4n) is 1.57. The summed E-state index contributed by atoms with van der Waals surface area (Å²) in [7, 11) is 0. The third-order valence-corrected chi connectivity index (χ3v) is 2.05. The molecule has 0 N–H and O–H groups in total. The fourth-order valence-corrected chi connectivity index (χ4v) is 1.57. The van der Waals surface area contributed by atoms with E-state index < -0.39 is 11.6 Å². The molecule has 0 saturated carbocycles. The predicted molar refractivity (Wildman–Crippen MR) is 49.8 cm³/mol. The minimum absolute atomic E-state index is 0.351. The Balaban J connectivity index is 3.43. The van der Waals surface area contributed by atoms with E-state index in [4.69, 9.17) is 0 Å². The van der Waals surface area contributed by atoms with Crippen molar-refractivity contribution in [3.05, 3.63) is 34.9 Å². The molecule has 0 spiro atoms. The summed E-state index contributed by atoms with van der Waals surface area (Å²) in [6.07, 6.45) is 0. The molecule has 0 unspecified atom stereocenters. The van der Waals surface area contributed by atoms with E-state index >= 15 is 0 Å². The first kappa shape index (κ1) is 10.2. The van der Waals surface area contributed by atoms with E-state index in [-0.39, 0.29) is 5.41 Å². The van der Waals surface area contributed by atoms with Gasteiger partial charge in [0, 0.05) is 0 Å². The summed E-state index contributed by atoms with van der Waals surface area (Å²) in [4.78, 5) is 0. The predicted octanol–water partition coefficient (Wildman–Crippen LogP) is 3.57. The maximum Gasteiger partial charge on any atom is 0.162 e. The van der Waals surface area contributed by atoms with Crippen molar-refractivity contribution in [1.82, 2.24) is 0 Å². The van der Waals surface area contributed by atoms with Crippen LogP contribution in [-0.4, -0.2) is 0 Å². The Kier molecular flexibility index (Phi) is 2.42. The van der Waals surface area contributed by atoms with Crippen LogP contribution >= 0.6 is 0 Å². The monoisotopic (exact) mass is 184 g/mol. The largest absolute Gasteiger partial charge is 0.204 e. The summed E-state index contributed by atoms with van der Waals surface area (Å²) in [5, 5.41) is 0. The molecular weight excluding hydrogens is 170 g/mol. The molecule has 1 rings (SSSR count). The molecule has 1 aromatic rings. The van der Waals surface area contributed by atoms with Crippen molar-refractivity contribution < 1.29 is 8.78 Å². The Bertz CT molecular complexity index is 322. The molecule has 0 atom stereocenters. The Morgan fingerprint density at radius 1 is 1.08 bits per heavy atom. The van der Waals surface area contributed by atoms with Gasteiger partial charge in [-0.05, 0) is 29.5 Å². The number of halogens is 2. The second-order valence-electron chi connectivity index (χ2n) is 4.30. The minimum atomic E-state index is -0.768. The van der Waals surface area contributed by atoms with Crippen LogP contribution in [0.4, 0.5) is 8.78 Å². The van der Waals surface area contributed by atoms with Crippen LogP contribution in [0.25, 0.3) is 0 Å². The molecule has 0 amide bonds. The van der Waals surface area contributed by atoms with Gasteiger partial charge in [-0.3, -0.25) is 0 Å². The van der Waals surface area contributed by atoms with Crippen LogP contribution in [0.5, 0.6) is 0 Å². The summed E-state index contributed by atoms with van der Waals surface area (Å²) in [5.41, 5.74) is 0.912. The Morgan fingerprint density at radius 3 is 2.00 bits per heavy atom. The number of hydrogen-bond acceptors (Lipinski definition) is 0. The zero-order chi connectivity index (χ0) is 10.2. The molecule has 1 aromatic carbocycles. The van der Waals surface area contributed by atoms with Crippen molar-refractivity contribution in [3.8, 4) is 0 Å². The summed E-state index contributed by atoms with van der Waals surface area (Å²) in [6.45, 7) is 7.41. The maximum absolute atomic E-state index is 13.4. The van der Waals surface area contributed by atoms with Crippen molar-refractivity contribution in [1.29, 1.82) is 0 Å². The summed E-state index contributed by atoms with van der Waals surface area (Å²) >= 11 is 0. The van der Waals surface area contributed by atoms with Gasteiger partial charge in [0.2, 0.25) is 0 Å². The zero-order valence-electron chi connectivity index (χ0n) is 8.41. The standard InChI is InChI=1S/C11H14F2/c1-7-5-6-8(12)10(13)9(7)11(2,3)4/h5-6H,1-4H3. The molecule has 0 radical (unpaired) electrons. The van der Waals surface area contributed by atoms with E-state index in [9.17, 15) is 8.78 Å². The molecule has 2 heteroatoms. The molecule has 0 aliphatic rings. The average Bonchev–Trinajstić information content (AvgIpc) is 1.95. The highest BCUT2D eigenvalue weighted by Crippen LogP contribution is 2.29. The Labute approximate surface area is 77.6 Å². The van der Waals surface area contributed by atoms with E-state index in [1.165, 1.54) is 6.07 Å². The first-order chi connectivity index (χ1) is 5.84. The van der Waals surface area contributed by atoms with Gasteiger partial charge in [0.1, 0.15) is 0 Å². The number of rotatable bonds is 0. The fraction of sp³-hybridized carbons (Fsp3) is 0.455. The molecular formula is C11H14F2. The van der Waals surface area contributed by atoms with Gasteiger partial charge < -0.3 is 0 Å². The lowest BCUT2D eigenvalue weighted by Gasteiger charge is -2.22. The topological polar surface area (TPSA) is 0 Å². The molecule has 0 aliphatic heterocycles. The molecule has 0 nitrogen and oxygen atoms in total. The molecule has 72 valence electrons. The lowest BCUT2D eigenvalue weighted by atomic mass is 9.83. The highest BCUT2D eigenvalue weighted by molar-refractivity contribution is 5.33. The van der Waals surface area contributed by atoms with Gasteiger partial charge in [-0.1, -0.05) is 26.8 Å². The van der Waals surface area contributed by atoms with Crippen LogP contribution in [0.15, 0.2) is 12.1 Å². The van der Waals surface area contributed by atoms with Crippen molar-refractivity contribution in [2.45, 2.75) is 33.1 Å². The zero-order valence-corrected chi connectivity index (χ0v) is 8.41. The van der Waals surface area contributed by atoms with E-state index in [0.29, 0.717) is 5.56 Å². The van der Waals surface area contributed by atoms with Gasteiger partial charge >= 0.3 is 0 Å². The number of benzene rings is 1. The molecule has 0 bridgehead atoms. The molecule has 0 aliphatic carbocycles. The summed E-state index contributed by atoms with van der Waals surface area (Å²) in [6, 6.07) is 2.78. The van der Waals surface area contributed by atoms with Crippen LogP contribution in [0, 0.1) is 18.6 Å². The third-order valence-electron chi connectivity index (χ3n) is 2.05. The highest BCUT2D eigenvalue weighted by Gasteiger charge is 2.22. The lowest BCUT2D eigenvalue weighted by molar-refractivity contribution is 0.462. The Morgan fingerprint density at radius 2 is 1.62 bits per heavy atom. The Hall–Kier alpha value is -0.920. The molecule has 0 saturated heterocycles. The van der Waals surface area contributed by atoms with Crippen molar-refractivity contribution in [2.24, 2.45) is 0 Å².